The highest BCUT2D eigenvalue weighted by atomic mass is 19.1. The Balaban J connectivity index is 1.88. The third-order valence-corrected chi connectivity index (χ3v) is 5.06. The van der Waals surface area contributed by atoms with Gasteiger partial charge in [0.15, 0.2) is 5.76 Å². The number of furan rings is 1. The lowest BCUT2D eigenvalue weighted by molar-refractivity contribution is -0.160. The molecule has 2 aromatic rings. The van der Waals surface area contributed by atoms with Crippen molar-refractivity contribution in [2.75, 3.05) is 19.7 Å². The highest BCUT2D eigenvalue weighted by molar-refractivity contribution is 6.41. The summed E-state index contributed by atoms with van der Waals surface area (Å²) in [6, 6.07) is 6.03. The van der Waals surface area contributed by atoms with Crippen LogP contribution in [0.2, 0.25) is 0 Å². The minimum absolute atomic E-state index is 0.0727. The number of likely N-dealkylation sites (tertiary alicyclic amines) is 1. The zero-order chi connectivity index (χ0) is 21.0. The Morgan fingerprint density at radius 1 is 1.24 bits per heavy atom. The average molecular weight is 405 g/mol. The van der Waals surface area contributed by atoms with E-state index in [1.807, 2.05) is 0 Å². The number of carbonyl (C=O) groups excluding carboxylic acids is 3. The molecule has 1 saturated heterocycles. The Bertz CT molecular complexity index is 912. The molecule has 0 bridgehead atoms. The maximum Gasteiger partial charge on any atom is 0.314 e. The van der Waals surface area contributed by atoms with Crippen molar-refractivity contribution in [2.24, 2.45) is 5.41 Å². The average Bonchev–Trinajstić information content (AvgIpc) is 3.24. The summed E-state index contributed by atoms with van der Waals surface area (Å²) in [6.45, 7) is 1.94. The molecule has 29 heavy (non-hydrogen) atoms. The predicted octanol–water partition coefficient (Wildman–Crippen LogP) is 3.16. The molecule has 1 amide bonds. The van der Waals surface area contributed by atoms with Crippen molar-refractivity contribution in [1.82, 2.24) is 4.90 Å². The monoisotopic (exact) mass is 405 g/mol. The number of rotatable bonds is 6. The van der Waals surface area contributed by atoms with Gasteiger partial charge in [-0.2, -0.15) is 0 Å². The van der Waals surface area contributed by atoms with E-state index >= 15 is 0 Å². The van der Waals surface area contributed by atoms with Crippen LogP contribution in [0.15, 0.2) is 41.0 Å². The first kappa shape index (κ1) is 20.7. The van der Waals surface area contributed by atoms with Crippen molar-refractivity contribution in [3.05, 3.63) is 59.6 Å². The lowest BCUT2D eigenvalue weighted by Crippen LogP contribution is -2.53. The Labute approximate surface area is 166 Å². The molecular weight excluding hydrogens is 384 g/mol. The first-order valence-electron chi connectivity index (χ1n) is 9.34. The molecule has 0 aliphatic carbocycles. The Morgan fingerprint density at radius 2 is 2.03 bits per heavy atom. The number of halogens is 2. The minimum atomic E-state index is -1.23. The van der Waals surface area contributed by atoms with Gasteiger partial charge in [-0.25, -0.2) is 8.78 Å². The third kappa shape index (κ3) is 4.36. The molecule has 0 saturated carbocycles. The van der Waals surface area contributed by atoms with E-state index in [-0.39, 0.29) is 37.4 Å². The molecule has 1 aliphatic rings. The summed E-state index contributed by atoms with van der Waals surface area (Å²) < 4.78 is 37.7. The Morgan fingerprint density at radius 3 is 2.69 bits per heavy atom. The van der Waals surface area contributed by atoms with Crippen LogP contribution in [0, 0.1) is 17.0 Å². The van der Waals surface area contributed by atoms with Crippen molar-refractivity contribution in [2.45, 2.75) is 26.2 Å². The topological polar surface area (TPSA) is 76.8 Å². The molecule has 2 heterocycles. The van der Waals surface area contributed by atoms with Crippen molar-refractivity contribution in [1.29, 1.82) is 0 Å². The number of hydrogen-bond donors (Lipinski definition) is 0. The fourth-order valence-electron chi connectivity index (χ4n) is 3.66. The molecule has 1 aromatic carbocycles. The van der Waals surface area contributed by atoms with Crippen molar-refractivity contribution >= 4 is 17.7 Å². The van der Waals surface area contributed by atoms with Crippen LogP contribution >= 0.6 is 0 Å². The van der Waals surface area contributed by atoms with Gasteiger partial charge in [-0.15, -0.1) is 0 Å². The molecule has 1 atom stereocenters. The third-order valence-electron chi connectivity index (χ3n) is 5.06. The highest BCUT2D eigenvalue weighted by Crippen LogP contribution is 2.36. The van der Waals surface area contributed by atoms with Gasteiger partial charge in [-0.1, -0.05) is 6.07 Å². The lowest BCUT2D eigenvalue weighted by Gasteiger charge is -2.40. The second-order valence-corrected chi connectivity index (χ2v) is 7.05. The van der Waals surface area contributed by atoms with Gasteiger partial charge in [0.1, 0.15) is 11.6 Å². The SMILES string of the molecule is CCOC(=O)C1(Cc2ccc(F)cc2F)CCCN(C(=O)C(=O)c2ccco2)C1. The van der Waals surface area contributed by atoms with E-state index in [9.17, 15) is 23.2 Å². The molecule has 0 spiro atoms. The Hall–Kier alpha value is -3.03. The molecule has 154 valence electrons. The van der Waals surface area contributed by atoms with Crippen LogP contribution in [-0.4, -0.2) is 42.3 Å². The number of carbonyl (C=O) groups is 3. The number of piperidine rings is 1. The van der Waals surface area contributed by atoms with E-state index in [1.165, 1.54) is 29.4 Å². The first-order chi connectivity index (χ1) is 13.9. The maximum absolute atomic E-state index is 14.3. The smallest absolute Gasteiger partial charge is 0.314 e. The van der Waals surface area contributed by atoms with Gasteiger partial charge in [-0.05, 0) is 49.9 Å². The van der Waals surface area contributed by atoms with Crippen LogP contribution in [0.1, 0.15) is 35.9 Å². The number of nitrogens with zero attached hydrogens (tertiary/aromatic N) is 1. The van der Waals surface area contributed by atoms with Gasteiger partial charge in [0, 0.05) is 19.2 Å². The second kappa shape index (κ2) is 8.55. The van der Waals surface area contributed by atoms with E-state index in [0.29, 0.717) is 12.8 Å². The fraction of sp³-hybridized carbons (Fsp3) is 0.381. The standard InChI is InChI=1S/C21H21F2NO5/c1-2-28-20(27)21(12-14-6-7-15(22)11-16(14)23)8-4-9-24(13-21)19(26)18(25)17-5-3-10-29-17/h3,5-7,10-11H,2,4,8-9,12-13H2,1H3. The first-order valence-corrected chi connectivity index (χ1v) is 9.34. The second-order valence-electron chi connectivity index (χ2n) is 7.05. The zero-order valence-electron chi connectivity index (χ0n) is 16.0. The number of hydrogen-bond acceptors (Lipinski definition) is 5. The molecule has 1 unspecified atom stereocenters. The molecule has 0 N–H and O–H groups in total. The van der Waals surface area contributed by atoms with Crippen LogP contribution in [0.5, 0.6) is 0 Å². The largest absolute Gasteiger partial charge is 0.466 e. The summed E-state index contributed by atoms with van der Waals surface area (Å²) >= 11 is 0. The number of ether oxygens (including phenoxy) is 1. The van der Waals surface area contributed by atoms with Crippen molar-refractivity contribution < 1.29 is 32.3 Å². The van der Waals surface area contributed by atoms with Crippen LogP contribution in [0.25, 0.3) is 0 Å². The quantitative estimate of drug-likeness (QED) is 0.419. The van der Waals surface area contributed by atoms with Gasteiger partial charge >= 0.3 is 5.97 Å². The van der Waals surface area contributed by atoms with Crippen LogP contribution in [-0.2, 0) is 20.7 Å². The molecule has 1 aliphatic heterocycles. The number of amides is 1. The minimum Gasteiger partial charge on any atom is -0.466 e. The van der Waals surface area contributed by atoms with E-state index in [0.717, 1.165) is 12.1 Å². The van der Waals surface area contributed by atoms with E-state index in [1.54, 1.807) is 6.92 Å². The van der Waals surface area contributed by atoms with Gasteiger partial charge in [-0.3, -0.25) is 14.4 Å². The summed E-state index contributed by atoms with van der Waals surface area (Å²) in [5.41, 5.74) is -1.09. The zero-order valence-corrected chi connectivity index (χ0v) is 16.0. The van der Waals surface area contributed by atoms with Crippen molar-refractivity contribution in [3.8, 4) is 0 Å². The van der Waals surface area contributed by atoms with Gasteiger partial charge < -0.3 is 14.1 Å². The summed E-state index contributed by atoms with van der Waals surface area (Å²) in [6.07, 6.45) is 1.99. The summed E-state index contributed by atoms with van der Waals surface area (Å²) in [5.74, 6) is -3.78. The van der Waals surface area contributed by atoms with E-state index in [2.05, 4.69) is 0 Å². The summed E-state index contributed by atoms with van der Waals surface area (Å²) in [5, 5.41) is 0. The van der Waals surface area contributed by atoms with Gasteiger partial charge in [0.2, 0.25) is 0 Å². The molecule has 6 nitrogen and oxygen atoms in total. The highest BCUT2D eigenvalue weighted by Gasteiger charge is 2.46. The summed E-state index contributed by atoms with van der Waals surface area (Å²) in [7, 11) is 0. The molecule has 8 heteroatoms. The van der Waals surface area contributed by atoms with Crippen molar-refractivity contribution in [3.63, 3.8) is 0 Å². The fourth-order valence-corrected chi connectivity index (χ4v) is 3.66. The molecular formula is C21H21F2NO5. The van der Waals surface area contributed by atoms with Crippen LogP contribution < -0.4 is 0 Å². The van der Waals surface area contributed by atoms with E-state index in [4.69, 9.17) is 9.15 Å². The Kier molecular flexibility index (Phi) is 6.10. The molecule has 3 rings (SSSR count). The van der Waals surface area contributed by atoms with Gasteiger partial charge in [0.25, 0.3) is 11.7 Å². The number of ketones is 1. The van der Waals surface area contributed by atoms with Crippen LogP contribution in [0.4, 0.5) is 8.78 Å². The molecule has 1 fully saturated rings. The number of benzene rings is 1. The summed E-state index contributed by atoms with van der Waals surface area (Å²) in [4.78, 5) is 39.1. The normalized spacial score (nSPS) is 19.1. The maximum atomic E-state index is 14.3. The van der Waals surface area contributed by atoms with E-state index < -0.39 is 34.7 Å². The van der Waals surface area contributed by atoms with Gasteiger partial charge in [0.05, 0.1) is 18.3 Å². The number of esters is 1. The number of Topliss-reactive ketones (excluding diaryl/α,β-unsaturated/α-hetero) is 1. The predicted molar refractivity (Wildman–Crippen MR) is 98.0 cm³/mol. The van der Waals surface area contributed by atoms with Crippen LogP contribution in [0.3, 0.4) is 0 Å². The molecule has 1 aromatic heterocycles. The molecule has 0 radical (unpaired) electrons. The lowest BCUT2D eigenvalue weighted by atomic mass is 9.74.